The summed E-state index contributed by atoms with van der Waals surface area (Å²) in [7, 11) is 0. The Morgan fingerprint density at radius 1 is 1.05 bits per heavy atom. The van der Waals surface area contributed by atoms with Gasteiger partial charge in [-0.2, -0.15) is 13.2 Å². The third-order valence-electron chi connectivity index (χ3n) is 5.94. The smallest absolute Gasteiger partial charge is 0.395 e. The van der Waals surface area contributed by atoms with E-state index in [0.29, 0.717) is 11.0 Å². The van der Waals surface area contributed by atoms with Gasteiger partial charge >= 0.3 is 12.5 Å². The molecule has 0 saturated carbocycles. The molecule has 0 bridgehead atoms. The van der Waals surface area contributed by atoms with Crippen LogP contribution in [0.4, 0.5) is 22.0 Å². The summed E-state index contributed by atoms with van der Waals surface area (Å²) in [5.41, 5.74) is 2.20. The number of alkyl halides is 5. The fourth-order valence-corrected chi connectivity index (χ4v) is 4.25. The molecule has 6 rings (SSSR count). The van der Waals surface area contributed by atoms with E-state index in [2.05, 4.69) is 35.2 Å². The molecule has 0 unspecified atom stereocenters. The Kier molecular flexibility index (Phi) is 5.22. The Bertz CT molecular complexity index is 1710. The number of aromatic amines is 1. The summed E-state index contributed by atoms with van der Waals surface area (Å²) < 4.78 is 78.6. The van der Waals surface area contributed by atoms with E-state index in [1.165, 1.54) is 36.4 Å². The molecule has 3 aromatic carbocycles. The molecule has 1 aliphatic heterocycles. The number of H-pyrrole nitrogens is 1. The lowest BCUT2D eigenvalue weighted by molar-refractivity contribution is -0.287. The second kappa shape index (κ2) is 8.39. The fourth-order valence-electron chi connectivity index (χ4n) is 4.25. The SMILES string of the molecule is O=C(NCc1ccc2nn[nH]c2c1)c1ccc2c(c1)nc(C(F)(F)F)n2Cc1cccc2c1OC(F)(F)O2. The number of nitrogens with zero attached hydrogens (tertiary/aromatic N) is 4. The summed E-state index contributed by atoms with van der Waals surface area (Å²) in [6, 6.07) is 13.1. The van der Waals surface area contributed by atoms with Gasteiger partial charge in [0, 0.05) is 17.7 Å². The number of aromatic nitrogens is 5. The molecular weight excluding hydrogens is 515 g/mol. The second-order valence-corrected chi connectivity index (χ2v) is 8.48. The second-order valence-electron chi connectivity index (χ2n) is 8.48. The maximum atomic E-state index is 13.9. The molecule has 0 aliphatic carbocycles. The van der Waals surface area contributed by atoms with E-state index in [1.807, 2.05) is 0 Å². The van der Waals surface area contributed by atoms with Gasteiger partial charge in [-0.15, -0.1) is 13.9 Å². The summed E-state index contributed by atoms with van der Waals surface area (Å²) in [4.78, 5) is 16.5. The first-order valence-electron chi connectivity index (χ1n) is 11.1. The maximum absolute atomic E-state index is 13.9. The molecule has 0 atom stereocenters. The number of ether oxygens (including phenoxy) is 2. The molecule has 9 nitrogen and oxygen atoms in total. The molecule has 0 fully saturated rings. The van der Waals surface area contributed by atoms with Crippen LogP contribution in [0.1, 0.15) is 27.3 Å². The fraction of sp³-hybridized carbons (Fsp3) is 0.167. The summed E-state index contributed by atoms with van der Waals surface area (Å²) in [6.45, 7) is -0.329. The third-order valence-corrected chi connectivity index (χ3v) is 5.94. The predicted octanol–water partition coefficient (Wildman–Crippen LogP) is 4.63. The van der Waals surface area contributed by atoms with Gasteiger partial charge in [-0.25, -0.2) is 4.98 Å². The van der Waals surface area contributed by atoms with Crippen molar-refractivity contribution >= 4 is 28.0 Å². The Labute approximate surface area is 209 Å². The monoisotopic (exact) mass is 530 g/mol. The van der Waals surface area contributed by atoms with Crippen LogP contribution >= 0.6 is 0 Å². The van der Waals surface area contributed by atoms with Gasteiger partial charge in [0.25, 0.3) is 5.91 Å². The Balaban J connectivity index is 1.29. The van der Waals surface area contributed by atoms with E-state index in [1.54, 1.807) is 18.2 Å². The Morgan fingerprint density at radius 2 is 1.89 bits per heavy atom. The normalized spacial score (nSPS) is 14.3. The lowest BCUT2D eigenvalue weighted by atomic mass is 10.1. The number of benzene rings is 3. The van der Waals surface area contributed by atoms with Gasteiger partial charge in [0.05, 0.1) is 23.1 Å². The van der Waals surface area contributed by atoms with Crippen LogP contribution in [0.2, 0.25) is 0 Å². The first kappa shape index (κ1) is 23.6. The average molecular weight is 530 g/mol. The van der Waals surface area contributed by atoms with Gasteiger partial charge in [-0.05, 0) is 42.0 Å². The van der Waals surface area contributed by atoms with Crippen LogP contribution < -0.4 is 14.8 Å². The zero-order chi connectivity index (χ0) is 26.7. The van der Waals surface area contributed by atoms with E-state index in [4.69, 9.17) is 0 Å². The molecule has 194 valence electrons. The summed E-state index contributed by atoms with van der Waals surface area (Å²) in [5.74, 6) is -2.42. The molecule has 1 amide bonds. The number of carbonyl (C=O) groups excluding carboxylic acids is 1. The quantitative estimate of drug-likeness (QED) is 0.321. The minimum absolute atomic E-state index is 0.0377. The number of para-hydroxylation sites is 1. The van der Waals surface area contributed by atoms with Gasteiger partial charge in [-0.3, -0.25) is 9.89 Å². The molecule has 5 aromatic rings. The van der Waals surface area contributed by atoms with Gasteiger partial charge < -0.3 is 19.4 Å². The van der Waals surface area contributed by atoms with Crippen LogP contribution in [0.3, 0.4) is 0 Å². The van der Waals surface area contributed by atoms with Gasteiger partial charge in [0.2, 0.25) is 5.82 Å². The van der Waals surface area contributed by atoms with Crippen LogP contribution in [0.15, 0.2) is 54.6 Å². The third kappa shape index (κ3) is 4.23. The molecule has 2 aromatic heterocycles. The van der Waals surface area contributed by atoms with E-state index in [9.17, 15) is 26.7 Å². The zero-order valence-electron chi connectivity index (χ0n) is 19.0. The molecule has 2 N–H and O–H groups in total. The van der Waals surface area contributed by atoms with Crippen LogP contribution in [-0.4, -0.2) is 37.2 Å². The number of carbonyl (C=O) groups is 1. The van der Waals surface area contributed by atoms with Crippen molar-refractivity contribution in [1.82, 2.24) is 30.3 Å². The average Bonchev–Trinajstić information content (AvgIpc) is 3.56. The maximum Gasteiger partial charge on any atom is 0.586 e. The van der Waals surface area contributed by atoms with E-state index < -0.39 is 30.7 Å². The molecule has 38 heavy (non-hydrogen) atoms. The largest absolute Gasteiger partial charge is 0.586 e. The predicted molar refractivity (Wildman–Crippen MR) is 122 cm³/mol. The van der Waals surface area contributed by atoms with Crippen molar-refractivity contribution in [2.24, 2.45) is 0 Å². The van der Waals surface area contributed by atoms with Crippen molar-refractivity contribution in [3.8, 4) is 11.5 Å². The van der Waals surface area contributed by atoms with Crippen molar-refractivity contribution in [3.05, 3.63) is 77.1 Å². The molecule has 14 heteroatoms. The van der Waals surface area contributed by atoms with Crippen LogP contribution in [0, 0.1) is 0 Å². The lowest BCUT2D eigenvalue weighted by Crippen LogP contribution is -2.26. The summed E-state index contributed by atoms with van der Waals surface area (Å²) >= 11 is 0. The van der Waals surface area contributed by atoms with Crippen molar-refractivity contribution < 1.29 is 36.2 Å². The summed E-state index contributed by atoms with van der Waals surface area (Å²) in [6.07, 6.45) is -8.79. The zero-order valence-corrected chi connectivity index (χ0v) is 19.0. The van der Waals surface area contributed by atoms with Crippen molar-refractivity contribution in [1.29, 1.82) is 0 Å². The van der Waals surface area contributed by atoms with Gasteiger partial charge in [0.1, 0.15) is 5.52 Å². The number of imidazole rings is 1. The molecule has 0 saturated heterocycles. The van der Waals surface area contributed by atoms with Crippen molar-refractivity contribution in [3.63, 3.8) is 0 Å². The van der Waals surface area contributed by atoms with Gasteiger partial charge in [-0.1, -0.05) is 23.4 Å². The Morgan fingerprint density at radius 3 is 2.71 bits per heavy atom. The number of fused-ring (bicyclic) bond motifs is 3. The first-order valence-corrected chi connectivity index (χ1v) is 11.1. The highest BCUT2D eigenvalue weighted by atomic mass is 19.4. The first-order chi connectivity index (χ1) is 18.1. The van der Waals surface area contributed by atoms with E-state index in [-0.39, 0.29) is 40.2 Å². The van der Waals surface area contributed by atoms with Crippen molar-refractivity contribution in [2.75, 3.05) is 0 Å². The highest BCUT2D eigenvalue weighted by Crippen LogP contribution is 2.44. The molecule has 0 radical (unpaired) electrons. The van der Waals surface area contributed by atoms with Crippen LogP contribution in [-0.2, 0) is 19.3 Å². The highest BCUT2D eigenvalue weighted by Gasteiger charge is 2.45. The highest BCUT2D eigenvalue weighted by molar-refractivity contribution is 5.97. The summed E-state index contributed by atoms with van der Waals surface area (Å²) in [5, 5.41) is 13.0. The topological polar surface area (TPSA) is 107 Å². The standard InChI is InChI=1S/C24H15F5N6O3/c25-23(26,27)22-31-17-9-13(21(36)30-10-12-4-6-15-16(8-12)33-34-32-15)5-7-18(17)35(22)11-14-2-1-3-19-20(14)38-24(28,29)37-19/h1-9H,10-11H2,(H,30,36)(H,32,33,34). The molecule has 3 heterocycles. The minimum atomic E-state index is -4.86. The number of nitrogens with one attached hydrogen (secondary N) is 2. The number of hydrogen-bond donors (Lipinski definition) is 2. The molecule has 0 spiro atoms. The van der Waals surface area contributed by atoms with E-state index in [0.717, 1.165) is 10.1 Å². The number of rotatable bonds is 5. The molecule has 1 aliphatic rings. The van der Waals surface area contributed by atoms with Crippen LogP contribution in [0.25, 0.3) is 22.1 Å². The minimum Gasteiger partial charge on any atom is -0.395 e. The number of halogens is 5. The van der Waals surface area contributed by atoms with Crippen LogP contribution in [0.5, 0.6) is 11.5 Å². The number of hydrogen-bond acceptors (Lipinski definition) is 6. The van der Waals surface area contributed by atoms with Gasteiger partial charge in [0.15, 0.2) is 11.5 Å². The lowest BCUT2D eigenvalue weighted by Gasteiger charge is -2.13. The van der Waals surface area contributed by atoms with E-state index >= 15 is 0 Å². The Hall–Kier alpha value is -4.75. The van der Waals surface area contributed by atoms with Crippen molar-refractivity contribution in [2.45, 2.75) is 25.6 Å². The number of amides is 1. The molecular formula is C24H15F5N6O3.